The molecule has 1 saturated heterocycles. The van der Waals surface area contributed by atoms with E-state index in [1.165, 1.54) is 6.42 Å². The van der Waals surface area contributed by atoms with Crippen LogP contribution in [0.5, 0.6) is 0 Å². The van der Waals surface area contributed by atoms with Crippen molar-refractivity contribution in [2.45, 2.75) is 45.3 Å². The van der Waals surface area contributed by atoms with Crippen LogP contribution in [-0.2, 0) is 4.74 Å². The number of hydrogen-bond donors (Lipinski definition) is 1. The lowest BCUT2D eigenvalue weighted by Gasteiger charge is -2.48. The third kappa shape index (κ3) is 3.56. The summed E-state index contributed by atoms with van der Waals surface area (Å²) in [6.07, 6.45) is 2.68. The molecule has 2 N–H and O–H groups in total. The van der Waals surface area contributed by atoms with Gasteiger partial charge in [0, 0.05) is 25.2 Å². The normalized spacial score (nSPS) is 21.2. The van der Waals surface area contributed by atoms with Crippen LogP contribution >= 0.6 is 0 Å². The van der Waals surface area contributed by atoms with Gasteiger partial charge >= 0.3 is 0 Å². The molecule has 0 aromatic rings. The number of rotatable bonds is 6. The highest BCUT2D eigenvalue weighted by Gasteiger charge is 2.37. The first-order chi connectivity index (χ1) is 6.56. The first kappa shape index (κ1) is 12.0. The van der Waals surface area contributed by atoms with Gasteiger partial charge in [0.05, 0.1) is 12.7 Å². The van der Waals surface area contributed by atoms with E-state index in [0.29, 0.717) is 6.10 Å². The van der Waals surface area contributed by atoms with Crippen molar-refractivity contribution in [3.63, 3.8) is 0 Å². The quantitative estimate of drug-likeness (QED) is 0.701. The Labute approximate surface area is 87.6 Å². The van der Waals surface area contributed by atoms with Crippen molar-refractivity contribution >= 4 is 0 Å². The molecule has 1 aliphatic heterocycles. The SMILES string of the molecule is CCCC1(N)CN(CCOC(C)C)C1. The van der Waals surface area contributed by atoms with Crippen LogP contribution in [-0.4, -0.2) is 42.8 Å². The summed E-state index contributed by atoms with van der Waals surface area (Å²) in [5, 5.41) is 0. The zero-order valence-corrected chi connectivity index (χ0v) is 9.75. The molecule has 0 unspecified atom stereocenters. The fourth-order valence-corrected chi connectivity index (χ4v) is 2.08. The van der Waals surface area contributed by atoms with Crippen LogP contribution < -0.4 is 5.73 Å². The maximum absolute atomic E-state index is 6.15. The van der Waals surface area contributed by atoms with Crippen molar-refractivity contribution in [1.29, 1.82) is 0 Å². The first-order valence-corrected chi connectivity index (χ1v) is 5.68. The zero-order chi connectivity index (χ0) is 10.6. The molecule has 0 radical (unpaired) electrons. The van der Waals surface area contributed by atoms with E-state index in [1.807, 2.05) is 0 Å². The molecule has 0 aromatic heterocycles. The van der Waals surface area contributed by atoms with Crippen LogP contribution in [0.3, 0.4) is 0 Å². The van der Waals surface area contributed by atoms with Crippen LogP contribution in [0.15, 0.2) is 0 Å². The Morgan fingerprint density at radius 2 is 2.07 bits per heavy atom. The van der Waals surface area contributed by atoms with Gasteiger partial charge in [-0.3, -0.25) is 4.90 Å². The Morgan fingerprint density at radius 1 is 1.43 bits per heavy atom. The Balaban J connectivity index is 2.04. The van der Waals surface area contributed by atoms with Gasteiger partial charge in [0.25, 0.3) is 0 Å². The summed E-state index contributed by atoms with van der Waals surface area (Å²) in [7, 11) is 0. The van der Waals surface area contributed by atoms with Gasteiger partial charge in [-0.15, -0.1) is 0 Å². The molecule has 0 bridgehead atoms. The largest absolute Gasteiger partial charge is 0.377 e. The summed E-state index contributed by atoms with van der Waals surface area (Å²) in [4.78, 5) is 2.37. The Morgan fingerprint density at radius 3 is 2.57 bits per heavy atom. The lowest BCUT2D eigenvalue weighted by molar-refractivity contribution is 0.0109. The van der Waals surface area contributed by atoms with Gasteiger partial charge in [-0.05, 0) is 20.3 Å². The molecule has 1 heterocycles. The highest BCUT2D eigenvalue weighted by atomic mass is 16.5. The lowest BCUT2D eigenvalue weighted by atomic mass is 9.86. The molecule has 84 valence electrons. The predicted molar refractivity (Wildman–Crippen MR) is 59.4 cm³/mol. The van der Waals surface area contributed by atoms with Crippen molar-refractivity contribution < 1.29 is 4.74 Å². The summed E-state index contributed by atoms with van der Waals surface area (Å²) < 4.78 is 5.49. The Kier molecular flexibility index (Phi) is 4.35. The van der Waals surface area contributed by atoms with Gasteiger partial charge in [0.2, 0.25) is 0 Å². The van der Waals surface area contributed by atoms with Crippen molar-refractivity contribution in [2.24, 2.45) is 5.73 Å². The van der Waals surface area contributed by atoms with Crippen molar-refractivity contribution in [3.05, 3.63) is 0 Å². The van der Waals surface area contributed by atoms with Gasteiger partial charge in [0.15, 0.2) is 0 Å². The molecule has 3 nitrogen and oxygen atoms in total. The van der Waals surface area contributed by atoms with Crippen LogP contribution in [0, 0.1) is 0 Å². The Hall–Kier alpha value is -0.120. The Bertz CT molecular complexity index is 165. The van der Waals surface area contributed by atoms with E-state index in [4.69, 9.17) is 10.5 Å². The summed E-state index contributed by atoms with van der Waals surface area (Å²) in [5.74, 6) is 0. The third-order valence-corrected chi connectivity index (χ3v) is 2.68. The molecule has 0 aliphatic carbocycles. The van der Waals surface area contributed by atoms with Crippen LogP contribution in [0.25, 0.3) is 0 Å². The van der Waals surface area contributed by atoms with Crippen molar-refractivity contribution in [1.82, 2.24) is 4.90 Å². The first-order valence-electron chi connectivity index (χ1n) is 5.68. The number of nitrogens with zero attached hydrogens (tertiary/aromatic N) is 1. The second kappa shape index (κ2) is 5.10. The molecule has 0 saturated carbocycles. The molecule has 0 amide bonds. The van der Waals surface area contributed by atoms with E-state index >= 15 is 0 Å². The summed E-state index contributed by atoms with van der Waals surface area (Å²) in [6, 6.07) is 0. The van der Waals surface area contributed by atoms with Crippen molar-refractivity contribution in [3.8, 4) is 0 Å². The highest BCUT2D eigenvalue weighted by Crippen LogP contribution is 2.22. The molecule has 1 rings (SSSR count). The van der Waals surface area contributed by atoms with Gasteiger partial charge in [-0.1, -0.05) is 13.3 Å². The number of nitrogens with two attached hydrogens (primary N) is 1. The zero-order valence-electron chi connectivity index (χ0n) is 9.75. The molecule has 1 aliphatic rings. The molecule has 0 aromatic carbocycles. The minimum Gasteiger partial charge on any atom is -0.377 e. The maximum atomic E-state index is 6.15. The highest BCUT2D eigenvalue weighted by molar-refractivity contribution is 4.99. The molecule has 14 heavy (non-hydrogen) atoms. The topological polar surface area (TPSA) is 38.5 Å². The summed E-state index contributed by atoms with van der Waals surface area (Å²) >= 11 is 0. The van der Waals surface area contributed by atoms with E-state index in [0.717, 1.165) is 32.7 Å². The second-order valence-corrected chi connectivity index (χ2v) is 4.74. The predicted octanol–water partition coefficient (Wildman–Crippen LogP) is 1.22. The maximum Gasteiger partial charge on any atom is 0.0596 e. The minimum atomic E-state index is 0.104. The van der Waals surface area contributed by atoms with Crippen molar-refractivity contribution in [2.75, 3.05) is 26.2 Å². The number of hydrogen-bond acceptors (Lipinski definition) is 3. The molecule has 1 fully saturated rings. The lowest BCUT2D eigenvalue weighted by Crippen LogP contribution is -2.67. The van der Waals surface area contributed by atoms with E-state index in [9.17, 15) is 0 Å². The third-order valence-electron chi connectivity index (χ3n) is 2.68. The minimum absolute atomic E-state index is 0.104. The fourth-order valence-electron chi connectivity index (χ4n) is 2.08. The molecule has 3 heteroatoms. The van der Waals surface area contributed by atoms with E-state index in [-0.39, 0.29) is 5.54 Å². The number of ether oxygens (including phenoxy) is 1. The van der Waals surface area contributed by atoms with Crippen LogP contribution in [0.4, 0.5) is 0 Å². The summed E-state index contributed by atoms with van der Waals surface area (Å²) in [5.41, 5.74) is 6.26. The fraction of sp³-hybridized carbons (Fsp3) is 1.00. The van der Waals surface area contributed by atoms with Gasteiger partial charge in [0.1, 0.15) is 0 Å². The standard InChI is InChI=1S/C11H24N2O/c1-4-5-11(12)8-13(9-11)6-7-14-10(2)3/h10H,4-9,12H2,1-3H3. The van der Waals surface area contributed by atoms with E-state index in [1.54, 1.807) is 0 Å². The molecule has 0 atom stereocenters. The molecular formula is C11H24N2O. The van der Waals surface area contributed by atoms with E-state index in [2.05, 4.69) is 25.7 Å². The second-order valence-electron chi connectivity index (χ2n) is 4.74. The average molecular weight is 200 g/mol. The summed E-state index contributed by atoms with van der Waals surface area (Å²) in [6.45, 7) is 10.3. The average Bonchev–Trinajstić information content (AvgIpc) is 2.01. The van der Waals surface area contributed by atoms with E-state index < -0.39 is 0 Å². The monoisotopic (exact) mass is 200 g/mol. The molecule has 0 spiro atoms. The molecular weight excluding hydrogens is 176 g/mol. The smallest absolute Gasteiger partial charge is 0.0596 e. The van der Waals surface area contributed by atoms with Gasteiger partial charge < -0.3 is 10.5 Å². The van der Waals surface area contributed by atoms with Gasteiger partial charge in [-0.2, -0.15) is 0 Å². The number of likely N-dealkylation sites (tertiary alicyclic amines) is 1. The van der Waals surface area contributed by atoms with Gasteiger partial charge in [-0.25, -0.2) is 0 Å². The van der Waals surface area contributed by atoms with Crippen LogP contribution in [0.2, 0.25) is 0 Å². The van der Waals surface area contributed by atoms with Crippen LogP contribution in [0.1, 0.15) is 33.6 Å².